The van der Waals surface area contributed by atoms with Crippen LogP contribution < -0.4 is 11.0 Å². The number of hydrogen-bond acceptors (Lipinski definition) is 6. The maximum absolute atomic E-state index is 14.6. The van der Waals surface area contributed by atoms with Crippen LogP contribution in [0, 0.1) is 3.57 Å². The molecule has 0 aliphatic carbocycles. The summed E-state index contributed by atoms with van der Waals surface area (Å²) in [5.41, 5.74) is 1.30. The van der Waals surface area contributed by atoms with E-state index in [9.17, 15) is 18.9 Å². The zero-order valence-corrected chi connectivity index (χ0v) is 31.4. The number of likely N-dealkylation sites (tertiary alicyclic amines) is 1. The Morgan fingerprint density at radius 2 is 1.53 bits per heavy atom. The fourth-order valence-electron chi connectivity index (χ4n) is 7.17. The first kappa shape index (κ1) is 35.1. The van der Waals surface area contributed by atoms with Crippen molar-refractivity contribution in [2.75, 3.05) is 31.6 Å². The number of rotatable bonds is 10. The molecule has 2 amide bonds. The zero-order chi connectivity index (χ0) is 35.7. The van der Waals surface area contributed by atoms with Gasteiger partial charge in [0.15, 0.2) is 5.66 Å². The second kappa shape index (κ2) is 14.7. The number of hydrogen-bond donors (Lipinski definition) is 2. The lowest BCUT2D eigenvalue weighted by Crippen LogP contribution is -2.40. The lowest BCUT2D eigenvalue weighted by Gasteiger charge is -2.33. The van der Waals surface area contributed by atoms with Gasteiger partial charge in [0.2, 0.25) is 5.91 Å². The number of aromatic nitrogens is 2. The first-order valence-corrected chi connectivity index (χ1v) is 19.8. The van der Waals surface area contributed by atoms with Gasteiger partial charge in [0.25, 0.3) is 5.91 Å². The number of H-pyrrole nitrogens is 1. The average Bonchev–Trinajstić information content (AvgIpc) is 3.46. The molecule has 0 radical (unpaired) electrons. The highest BCUT2D eigenvalue weighted by molar-refractivity contribution is 14.1. The van der Waals surface area contributed by atoms with E-state index in [0.29, 0.717) is 42.7 Å². The summed E-state index contributed by atoms with van der Waals surface area (Å²) in [7, 11) is -4.06. The molecule has 1 aromatic heterocycles. The number of fused-ring (bicyclic) bond motifs is 3. The first-order valence-electron chi connectivity index (χ1n) is 17.1. The molecule has 1 aliphatic heterocycles. The molecule has 2 N–H and O–H groups in total. The van der Waals surface area contributed by atoms with Crippen LogP contribution in [0.2, 0.25) is 0 Å². The minimum atomic E-state index is -4.06. The van der Waals surface area contributed by atoms with Crippen LogP contribution in [0.15, 0.2) is 102 Å². The first-order chi connectivity index (χ1) is 24.7. The second-order valence-electron chi connectivity index (χ2n) is 12.6. The normalized spacial score (nSPS) is 14.7. The van der Waals surface area contributed by atoms with Gasteiger partial charge in [-0.2, -0.15) is 0 Å². The van der Waals surface area contributed by atoms with E-state index in [-0.39, 0.29) is 30.9 Å². The van der Waals surface area contributed by atoms with Gasteiger partial charge in [0.1, 0.15) is 0 Å². The molecule has 1 aliphatic rings. The van der Waals surface area contributed by atoms with Crippen LogP contribution in [-0.4, -0.2) is 52.6 Å². The molecule has 10 nitrogen and oxygen atoms in total. The van der Waals surface area contributed by atoms with Gasteiger partial charge in [-0.3, -0.25) is 18.7 Å². The van der Waals surface area contributed by atoms with Crippen LogP contribution in [0.1, 0.15) is 54.3 Å². The van der Waals surface area contributed by atoms with E-state index in [1.807, 2.05) is 83.4 Å². The van der Waals surface area contributed by atoms with E-state index in [1.165, 1.54) is 0 Å². The Kier molecular flexibility index (Phi) is 10.2. The van der Waals surface area contributed by atoms with Crippen LogP contribution in [0.25, 0.3) is 32.6 Å². The Labute approximate surface area is 308 Å². The summed E-state index contributed by atoms with van der Waals surface area (Å²) >= 11 is 2.24. The molecular weight excluding hydrogens is 778 g/mol. The van der Waals surface area contributed by atoms with Crippen molar-refractivity contribution in [3.63, 3.8) is 0 Å². The summed E-state index contributed by atoms with van der Waals surface area (Å²) in [6, 6.07) is 30.1. The maximum Gasteiger partial charge on any atom is 0.347 e. The molecule has 1 atom stereocenters. The van der Waals surface area contributed by atoms with E-state index in [2.05, 4.69) is 32.9 Å². The summed E-state index contributed by atoms with van der Waals surface area (Å²) in [5, 5.41) is 6.30. The Morgan fingerprint density at radius 3 is 2.24 bits per heavy atom. The lowest BCUT2D eigenvalue weighted by molar-refractivity contribution is -0.116. The molecule has 1 fully saturated rings. The number of piperidine rings is 1. The molecule has 1 saturated heterocycles. The largest absolute Gasteiger partial charge is 0.347 e. The van der Waals surface area contributed by atoms with Gasteiger partial charge < -0.3 is 24.2 Å². The molecule has 51 heavy (non-hydrogen) atoms. The van der Waals surface area contributed by atoms with E-state index < -0.39 is 19.2 Å². The highest BCUT2D eigenvalue weighted by Gasteiger charge is 2.43. The standard InChI is InChI=1S/C39H38IN4O6P/c1-3-49-51(48,50-4-2)36(31-15-9-13-25-10-7-8-14-30(25)31)37(45)41-34-23-27-12-6-5-11-26(27)22-32(34)38(46)43-20-18-29(19-21-43)44-35-24-28(40)16-17-33(35)42-39(44)47/h5-17,22-24,29,36H,3-4,18-21H2,1-2H3,(H,41,45)(H,42,47). The maximum atomic E-state index is 14.6. The fraction of sp³-hybridized carbons (Fsp3) is 0.256. The molecule has 0 saturated carbocycles. The zero-order valence-electron chi connectivity index (χ0n) is 28.3. The molecule has 6 aromatic rings. The topological polar surface area (TPSA) is 123 Å². The number of nitrogens with one attached hydrogen (secondary N) is 2. The Bertz CT molecular complexity index is 2370. The molecule has 262 valence electrons. The summed E-state index contributed by atoms with van der Waals surface area (Å²) in [4.78, 5) is 46.7. The third-order valence-corrected chi connectivity index (χ3v) is 12.5. The van der Waals surface area contributed by atoms with Crippen LogP contribution in [0.3, 0.4) is 0 Å². The van der Waals surface area contributed by atoms with Crippen molar-refractivity contribution in [1.29, 1.82) is 0 Å². The van der Waals surface area contributed by atoms with Gasteiger partial charge in [-0.05, 0) is 107 Å². The monoisotopic (exact) mass is 816 g/mol. The number of anilines is 1. The van der Waals surface area contributed by atoms with Gasteiger partial charge in [-0.1, -0.05) is 66.7 Å². The number of halogens is 1. The predicted molar refractivity (Wildman–Crippen MR) is 210 cm³/mol. The Balaban J connectivity index is 1.23. The molecular formula is C39H38IN4O6P. The highest BCUT2D eigenvalue weighted by Crippen LogP contribution is 2.62. The molecule has 2 heterocycles. The summed E-state index contributed by atoms with van der Waals surface area (Å²) < 4.78 is 28.9. The van der Waals surface area contributed by atoms with Crippen molar-refractivity contribution >= 4 is 80.3 Å². The summed E-state index contributed by atoms with van der Waals surface area (Å²) in [5.74, 6) is -0.845. The van der Waals surface area contributed by atoms with E-state index in [0.717, 1.165) is 36.1 Å². The number of nitrogens with zero attached hydrogens (tertiary/aromatic N) is 2. The lowest BCUT2D eigenvalue weighted by atomic mass is 9.99. The number of carbonyl (C=O) groups is 2. The quantitative estimate of drug-likeness (QED) is 0.105. The number of aromatic amines is 1. The van der Waals surface area contributed by atoms with Crippen LogP contribution in [0.4, 0.5) is 5.69 Å². The summed E-state index contributed by atoms with van der Waals surface area (Å²) in [6.07, 6.45) is 1.18. The van der Waals surface area contributed by atoms with Gasteiger partial charge in [-0.25, -0.2) is 4.79 Å². The predicted octanol–water partition coefficient (Wildman–Crippen LogP) is 8.66. The minimum absolute atomic E-state index is 0.0722. The van der Waals surface area contributed by atoms with Gasteiger partial charge in [0, 0.05) is 22.7 Å². The molecule has 7 rings (SSSR count). The molecule has 0 spiro atoms. The molecule has 5 aromatic carbocycles. The van der Waals surface area contributed by atoms with Gasteiger partial charge >= 0.3 is 13.3 Å². The van der Waals surface area contributed by atoms with Crippen molar-refractivity contribution in [3.05, 3.63) is 122 Å². The Morgan fingerprint density at radius 1 is 0.882 bits per heavy atom. The van der Waals surface area contributed by atoms with E-state index >= 15 is 0 Å². The summed E-state index contributed by atoms with van der Waals surface area (Å²) in [6.45, 7) is 4.42. The third-order valence-electron chi connectivity index (χ3n) is 9.47. The molecule has 1 unspecified atom stereocenters. The van der Waals surface area contributed by atoms with E-state index in [1.54, 1.807) is 36.9 Å². The molecule has 12 heteroatoms. The second-order valence-corrected chi connectivity index (χ2v) is 15.9. The van der Waals surface area contributed by atoms with Crippen LogP contribution >= 0.6 is 30.2 Å². The van der Waals surface area contributed by atoms with Gasteiger partial charge in [0.05, 0.1) is 35.5 Å². The van der Waals surface area contributed by atoms with Crippen molar-refractivity contribution in [2.24, 2.45) is 0 Å². The van der Waals surface area contributed by atoms with Crippen molar-refractivity contribution in [1.82, 2.24) is 14.5 Å². The molecule has 0 bridgehead atoms. The van der Waals surface area contributed by atoms with Crippen molar-refractivity contribution in [3.8, 4) is 0 Å². The highest BCUT2D eigenvalue weighted by atomic mass is 127. The number of amides is 2. The average molecular weight is 817 g/mol. The van der Waals surface area contributed by atoms with Crippen LogP contribution in [0.5, 0.6) is 0 Å². The number of benzene rings is 5. The fourth-order valence-corrected chi connectivity index (χ4v) is 9.65. The van der Waals surface area contributed by atoms with Gasteiger partial charge in [-0.15, -0.1) is 0 Å². The minimum Gasteiger partial charge on any atom is -0.338 e. The Hall–Kier alpha value is -4.29. The number of imidazole rings is 1. The van der Waals surface area contributed by atoms with Crippen molar-refractivity contribution in [2.45, 2.75) is 38.4 Å². The SMILES string of the molecule is CCOP(=O)(OCC)C(C(=O)Nc1cc2ccccc2cc1C(=O)N1CCC(n2c(=O)[nH]c3ccc(I)cc32)CC1)c1cccc2ccccc12. The number of carbonyl (C=O) groups excluding carboxylic acids is 2. The van der Waals surface area contributed by atoms with Crippen molar-refractivity contribution < 1.29 is 23.2 Å². The van der Waals surface area contributed by atoms with E-state index in [4.69, 9.17) is 9.05 Å². The van der Waals surface area contributed by atoms with Crippen LogP contribution in [-0.2, 0) is 18.4 Å². The third kappa shape index (κ3) is 6.87. The smallest absolute Gasteiger partial charge is 0.338 e.